The Morgan fingerprint density at radius 1 is 1.14 bits per heavy atom. The molecule has 4 rings (SSSR count). The van der Waals surface area contributed by atoms with Crippen LogP contribution in [0, 0.1) is 13.8 Å². The van der Waals surface area contributed by atoms with Gasteiger partial charge in [0.2, 0.25) is 5.91 Å². The number of thioether (sulfide) groups is 1. The van der Waals surface area contributed by atoms with E-state index in [4.69, 9.17) is 14.5 Å². The number of rotatable bonds is 9. The summed E-state index contributed by atoms with van der Waals surface area (Å²) < 4.78 is 10.9. The van der Waals surface area contributed by atoms with Crippen molar-refractivity contribution in [3.8, 4) is 5.75 Å². The minimum absolute atomic E-state index is 0.121. The van der Waals surface area contributed by atoms with Crippen LogP contribution in [0.2, 0.25) is 0 Å². The molecule has 1 amide bonds. The summed E-state index contributed by atoms with van der Waals surface area (Å²) >= 11 is 1.47. The van der Waals surface area contributed by atoms with Crippen LogP contribution in [0.3, 0.4) is 0 Å². The topological polar surface area (TPSA) is 80.2 Å². The number of amidine groups is 1. The molecule has 0 spiro atoms. The number of esters is 1. The van der Waals surface area contributed by atoms with Gasteiger partial charge in [-0.15, -0.1) is 0 Å². The van der Waals surface area contributed by atoms with Gasteiger partial charge in [-0.1, -0.05) is 60.6 Å². The number of aryl methyl sites for hydroxylation is 2. The molecule has 1 N–H and O–H groups in total. The van der Waals surface area contributed by atoms with Crippen LogP contribution in [0.25, 0.3) is 0 Å². The van der Waals surface area contributed by atoms with Crippen molar-refractivity contribution in [1.82, 2.24) is 10.2 Å². The highest BCUT2D eigenvalue weighted by atomic mass is 32.2. The summed E-state index contributed by atoms with van der Waals surface area (Å²) in [4.78, 5) is 32.6. The highest BCUT2D eigenvalue weighted by Crippen LogP contribution is 2.46. The van der Waals surface area contributed by atoms with E-state index in [0.717, 1.165) is 33.3 Å². The molecular formula is C28H31N3O4S. The lowest BCUT2D eigenvalue weighted by Crippen LogP contribution is -2.38. The zero-order valence-corrected chi connectivity index (χ0v) is 21.9. The van der Waals surface area contributed by atoms with Crippen LogP contribution in [-0.4, -0.2) is 42.2 Å². The van der Waals surface area contributed by atoms with Crippen LogP contribution < -0.4 is 10.1 Å². The van der Waals surface area contributed by atoms with Crippen LogP contribution in [-0.2, 0) is 14.3 Å². The van der Waals surface area contributed by atoms with Crippen LogP contribution in [0.4, 0.5) is 0 Å². The predicted molar refractivity (Wildman–Crippen MR) is 143 cm³/mol. The molecule has 0 bridgehead atoms. The number of ether oxygens (including phenoxy) is 2. The van der Waals surface area contributed by atoms with Gasteiger partial charge in [0, 0.05) is 5.70 Å². The fraction of sp³-hybridized carbons (Fsp3) is 0.321. The maximum atomic E-state index is 13.0. The number of methoxy groups -OCH3 is 1. The Balaban J connectivity index is 1.54. The van der Waals surface area contributed by atoms with Gasteiger partial charge in [-0.3, -0.25) is 4.79 Å². The van der Waals surface area contributed by atoms with Crippen molar-refractivity contribution in [1.29, 1.82) is 0 Å². The van der Waals surface area contributed by atoms with Crippen molar-refractivity contribution in [2.75, 3.05) is 20.3 Å². The number of allylic oxidation sites excluding steroid dienone is 1. The second-order valence-corrected chi connectivity index (χ2v) is 9.48. The highest BCUT2D eigenvalue weighted by Gasteiger charge is 2.41. The molecule has 0 unspecified atom stereocenters. The van der Waals surface area contributed by atoms with Crippen LogP contribution >= 0.6 is 11.8 Å². The molecule has 36 heavy (non-hydrogen) atoms. The van der Waals surface area contributed by atoms with E-state index in [1.807, 2.05) is 67.5 Å². The maximum Gasteiger partial charge on any atom is 0.338 e. The highest BCUT2D eigenvalue weighted by molar-refractivity contribution is 8.16. The molecule has 7 nitrogen and oxygen atoms in total. The molecule has 2 heterocycles. The number of carbonyl (C=O) groups is 2. The Labute approximate surface area is 216 Å². The summed E-state index contributed by atoms with van der Waals surface area (Å²) in [5.74, 6) is 0.239. The summed E-state index contributed by atoms with van der Waals surface area (Å²) in [6.45, 7) is 6.83. The van der Waals surface area contributed by atoms with E-state index >= 15 is 0 Å². The Morgan fingerprint density at radius 3 is 2.61 bits per heavy atom. The van der Waals surface area contributed by atoms with Gasteiger partial charge < -0.3 is 19.7 Å². The van der Waals surface area contributed by atoms with Gasteiger partial charge in [-0.05, 0) is 48.9 Å². The molecule has 2 aliphatic rings. The summed E-state index contributed by atoms with van der Waals surface area (Å²) in [5, 5.41) is 5.64. The summed E-state index contributed by atoms with van der Waals surface area (Å²) in [7, 11) is 1.39. The van der Waals surface area contributed by atoms with Crippen LogP contribution in [0.5, 0.6) is 5.75 Å². The largest absolute Gasteiger partial charge is 0.492 e. The number of benzene rings is 2. The first-order chi connectivity index (χ1) is 17.4. The number of carbonyl (C=O) groups excluding carboxylic acids is 2. The number of aliphatic imine (C=N–C) groups is 1. The third-order valence-corrected chi connectivity index (χ3v) is 7.02. The van der Waals surface area contributed by atoms with E-state index in [0.29, 0.717) is 30.8 Å². The van der Waals surface area contributed by atoms with E-state index in [1.165, 1.54) is 18.9 Å². The number of amides is 1. The van der Waals surface area contributed by atoms with Crippen LogP contribution in [0.1, 0.15) is 42.5 Å². The average Bonchev–Trinajstić information content (AvgIpc) is 3.28. The van der Waals surface area contributed by atoms with Gasteiger partial charge in [-0.25, -0.2) is 9.79 Å². The summed E-state index contributed by atoms with van der Waals surface area (Å²) in [5.41, 5.74) is 5.22. The number of hydrogen-bond acceptors (Lipinski definition) is 7. The average molecular weight is 506 g/mol. The molecular weight excluding hydrogens is 474 g/mol. The van der Waals surface area contributed by atoms with Crippen molar-refractivity contribution in [2.24, 2.45) is 4.99 Å². The van der Waals surface area contributed by atoms with Gasteiger partial charge in [-0.2, -0.15) is 0 Å². The third kappa shape index (κ3) is 5.49. The number of nitrogens with one attached hydrogen (secondary N) is 1. The number of nitrogens with zero attached hydrogens (tertiary/aromatic N) is 2. The Hall–Kier alpha value is -3.52. The number of hydrogen-bond donors (Lipinski definition) is 1. The van der Waals surface area contributed by atoms with Crippen molar-refractivity contribution < 1.29 is 19.1 Å². The fourth-order valence-corrected chi connectivity index (χ4v) is 5.38. The fourth-order valence-electron chi connectivity index (χ4n) is 4.44. The predicted octanol–water partition coefficient (Wildman–Crippen LogP) is 5.03. The standard InChI is InChI=1S/C28H31N3O4S/c1-5-23-25(27(33)34-4)26(22-12-11-18(2)15-19(22)3)31-20(17-36-28(31)30-23)16-24(32)29-13-14-35-21-9-7-6-8-10-21/h6-12,15,17,26H,5,13-14,16H2,1-4H3,(H,29,32)/t26-/m1/s1. The molecule has 0 aromatic heterocycles. The molecule has 2 aliphatic heterocycles. The van der Waals surface area contributed by atoms with Gasteiger partial charge in [0.1, 0.15) is 12.4 Å². The lowest BCUT2D eigenvalue weighted by atomic mass is 9.89. The molecule has 0 fully saturated rings. The molecule has 2 aromatic carbocycles. The van der Waals surface area contributed by atoms with Gasteiger partial charge in [0.05, 0.1) is 37.4 Å². The zero-order valence-electron chi connectivity index (χ0n) is 21.0. The SMILES string of the molecule is CCC1=C(C(=O)OC)[C@@H](c2ccc(C)cc2C)N2C(CC(=O)NCCOc3ccccc3)=CSC2=N1. The Bertz CT molecular complexity index is 1240. The Kier molecular flexibility index (Phi) is 8.15. The summed E-state index contributed by atoms with van der Waals surface area (Å²) in [6.07, 6.45) is 0.760. The minimum Gasteiger partial charge on any atom is -0.492 e. The van der Waals surface area contributed by atoms with Crippen molar-refractivity contribution in [3.05, 3.63) is 87.6 Å². The molecule has 0 radical (unpaired) electrons. The second kappa shape index (κ2) is 11.5. The molecule has 0 aliphatic carbocycles. The van der Waals surface area contributed by atoms with E-state index < -0.39 is 12.0 Å². The lowest BCUT2D eigenvalue weighted by molar-refractivity contribution is -0.136. The first kappa shape index (κ1) is 25.6. The first-order valence-electron chi connectivity index (χ1n) is 12.0. The molecule has 188 valence electrons. The zero-order chi connectivity index (χ0) is 25.7. The van der Waals surface area contributed by atoms with Gasteiger partial charge >= 0.3 is 5.97 Å². The van der Waals surface area contributed by atoms with Crippen molar-refractivity contribution in [2.45, 2.75) is 39.7 Å². The maximum absolute atomic E-state index is 13.0. The van der Waals surface area contributed by atoms with Crippen molar-refractivity contribution in [3.63, 3.8) is 0 Å². The second-order valence-electron chi connectivity index (χ2n) is 8.65. The molecule has 0 saturated carbocycles. The van der Waals surface area contributed by atoms with Crippen molar-refractivity contribution >= 4 is 28.8 Å². The van der Waals surface area contributed by atoms with E-state index in [2.05, 4.69) is 17.4 Å². The monoisotopic (exact) mass is 505 g/mol. The quantitative estimate of drug-likeness (QED) is 0.381. The van der Waals surface area contributed by atoms with Gasteiger partial charge in [0.15, 0.2) is 5.17 Å². The smallest absolute Gasteiger partial charge is 0.338 e. The molecule has 8 heteroatoms. The van der Waals surface area contributed by atoms with E-state index in [9.17, 15) is 9.59 Å². The summed E-state index contributed by atoms with van der Waals surface area (Å²) in [6, 6.07) is 15.3. The van der Waals surface area contributed by atoms with E-state index in [1.54, 1.807) is 0 Å². The van der Waals surface area contributed by atoms with E-state index in [-0.39, 0.29) is 12.3 Å². The Morgan fingerprint density at radius 2 is 1.92 bits per heavy atom. The lowest BCUT2D eigenvalue weighted by Gasteiger charge is -2.37. The molecule has 0 saturated heterocycles. The first-order valence-corrected chi connectivity index (χ1v) is 12.9. The van der Waals surface area contributed by atoms with Gasteiger partial charge in [0.25, 0.3) is 0 Å². The minimum atomic E-state index is -0.420. The third-order valence-electron chi connectivity index (χ3n) is 6.13. The number of para-hydroxylation sites is 1. The number of fused-ring (bicyclic) bond motifs is 1. The normalized spacial score (nSPS) is 16.8. The molecule has 2 aromatic rings. The molecule has 1 atom stereocenters. The van der Waals surface area contributed by atoms with Crippen LogP contribution in [0.15, 0.2) is 75.9 Å².